The first-order valence-electron chi connectivity index (χ1n) is 30.0. The molecule has 9 rings (SSSR count). The topological polar surface area (TPSA) is 309 Å². The number of amides is 1. The van der Waals surface area contributed by atoms with Gasteiger partial charge in [0.15, 0.2) is 30.8 Å². The molecule has 1 spiro atoms. The normalized spacial score (nSPS) is 48.1. The van der Waals surface area contributed by atoms with Gasteiger partial charge in [-0.1, -0.05) is 63.6 Å². The smallest absolute Gasteiger partial charge is 0.407 e. The largest absolute Gasteiger partial charge is 0.511 e. The quantitative estimate of drug-likeness (QED) is 0.0457. The first-order valence-corrected chi connectivity index (χ1v) is 30.0. The number of alkyl carbamates (subject to hydrolysis) is 1. The maximum atomic E-state index is 15.6. The SMILES string of the molecule is COC(=O)N[C@@H]1[C@@H](C)O[C@@H](O[C@H]2CC=C(C)[C@@H]3C=C[C@@H]4[C@@H](O[C@H]5C[C@@H](O[C@H]6C[C@@H](O)[C@H](O[C@H]7C[C@@H](O)[C@H](OC)[C@@H](C)O7)[C@@H](C)O6)[C@H](O)[C@@H](C)O5)[C@H](C)C[C@H](C)[C@H]4[C@@]3(C)/C(O)=C3\C(=O)O[C@@]4(C[C@H](C)C(CO)=CC4C=C2C)C3=O)C[C@]1(C)[N+](=O)[O-]. The summed E-state index contributed by atoms with van der Waals surface area (Å²) in [6.45, 7) is 19.6. The predicted octanol–water partition coefficient (Wildman–Crippen LogP) is 5.57. The van der Waals surface area contributed by atoms with Gasteiger partial charge in [-0.2, -0.15) is 0 Å². The Balaban J connectivity index is 1.01. The minimum atomic E-state index is -1.82. The molecule has 1 unspecified atom stereocenters. The third-order valence-corrected chi connectivity index (χ3v) is 20.3. The van der Waals surface area contributed by atoms with Crippen LogP contribution < -0.4 is 5.32 Å². The Kier molecular flexibility index (Phi) is 19.2. The van der Waals surface area contributed by atoms with Gasteiger partial charge in [0.1, 0.15) is 35.7 Å². The number of carbonyl (C=O) groups is 3. The fourth-order valence-corrected chi connectivity index (χ4v) is 15.8. The van der Waals surface area contributed by atoms with Gasteiger partial charge >= 0.3 is 12.1 Å². The molecule has 23 heteroatoms. The van der Waals surface area contributed by atoms with E-state index in [1.54, 1.807) is 46.8 Å². The van der Waals surface area contributed by atoms with E-state index in [9.17, 15) is 45.2 Å². The van der Waals surface area contributed by atoms with E-state index in [1.165, 1.54) is 21.1 Å². The molecule has 0 radical (unpaired) electrons. The van der Waals surface area contributed by atoms with Gasteiger partial charge in [-0.3, -0.25) is 14.9 Å². The molecule has 2 bridgehead atoms. The van der Waals surface area contributed by atoms with E-state index in [0.29, 0.717) is 17.6 Å². The lowest BCUT2D eigenvalue weighted by Gasteiger charge is -2.56. The molecular weight excluding hydrogens is 1100 g/mol. The van der Waals surface area contributed by atoms with Crippen LogP contribution in [0, 0.1) is 57.0 Å². The molecule has 5 saturated heterocycles. The summed E-state index contributed by atoms with van der Waals surface area (Å²) in [5.74, 6) is -5.10. The summed E-state index contributed by atoms with van der Waals surface area (Å²) in [7, 11) is 2.67. The fourth-order valence-electron chi connectivity index (χ4n) is 15.8. The molecule has 5 heterocycles. The summed E-state index contributed by atoms with van der Waals surface area (Å²) in [4.78, 5) is 55.1. The molecule has 23 nitrogen and oxygen atoms in total. The lowest BCUT2D eigenvalue weighted by Crippen LogP contribution is -2.65. The number of hydrogen-bond donors (Lipinski definition) is 6. The first kappa shape index (κ1) is 64.3. The van der Waals surface area contributed by atoms with E-state index in [1.807, 2.05) is 32.9 Å². The standard InChI is InChI=1S/C61H90N2O21/c1-27-14-17-42(80-47-25-59(10,63(72)73)54(35(9)79-47)62-58(71)75-13)28(2)19-37-20-36(26-64)31(5)24-61(37)56(69)48(57(70)84-61)55(68)60(11)39(27)16-15-38-49(60)29(3)18-30(4)51(38)82-46-23-43(50(67)32(6)76-46)81-44-22-41(66)53(34(8)78-44)83-45-21-40(65)52(74-12)33(7)77-45/h14-16,19-20,29-35,37-47,49-54,64-68H,17-18,21-26H2,1-13H3,(H,62,71)/b27-14?,28-19?,55-48+/t29-,30+,31-,32+,33+,34+,35+,37?,38-,39-,40+,41+,42-,43+,44-,45-,46-,47-,49+,50+,51-,52+,53+,54+,59-,60-,61+/m0/s1. The molecule has 470 valence electrons. The van der Waals surface area contributed by atoms with Gasteiger partial charge in [0.2, 0.25) is 11.3 Å². The molecule has 9 aliphatic rings. The van der Waals surface area contributed by atoms with Crippen LogP contribution in [-0.4, -0.2) is 185 Å². The predicted molar refractivity (Wildman–Crippen MR) is 298 cm³/mol. The molecule has 0 aromatic heterocycles. The first-order chi connectivity index (χ1) is 39.6. The molecule has 6 N–H and O–H groups in total. The number of methoxy groups -OCH3 is 2. The van der Waals surface area contributed by atoms with E-state index < -0.39 is 185 Å². The number of aliphatic hydroxyl groups is 5. The Morgan fingerprint density at radius 3 is 2.01 bits per heavy atom. The van der Waals surface area contributed by atoms with Crippen molar-refractivity contribution in [1.82, 2.24) is 5.32 Å². The summed E-state index contributed by atoms with van der Waals surface area (Å²) in [6.07, 6.45) is -3.57. The Hall–Kier alpha value is -4.21. The van der Waals surface area contributed by atoms with Crippen molar-refractivity contribution in [3.8, 4) is 0 Å². The van der Waals surface area contributed by atoms with Gasteiger partial charge in [0, 0.05) is 67.8 Å². The Morgan fingerprint density at radius 1 is 0.762 bits per heavy atom. The Morgan fingerprint density at radius 2 is 1.38 bits per heavy atom. The summed E-state index contributed by atoms with van der Waals surface area (Å²) in [6, 6.07) is -1.08. The number of Topliss-reactive ketones (excluding diaryl/α,β-unsaturated/α-hetero) is 1. The van der Waals surface area contributed by atoms with Crippen LogP contribution in [0.1, 0.15) is 121 Å². The highest BCUT2D eigenvalue weighted by atomic mass is 16.7. The zero-order chi connectivity index (χ0) is 61.2. The van der Waals surface area contributed by atoms with Gasteiger partial charge in [-0.15, -0.1) is 0 Å². The zero-order valence-electron chi connectivity index (χ0n) is 50.6. The van der Waals surface area contributed by atoms with E-state index in [2.05, 4.69) is 25.2 Å². The maximum Gasteiger partial charge on any atom is 0.407 e. The van der Waals surface area contributed by atoms with Crippen LogP contribution in [-0.2, 0) is 61.7 Å². The Labute approximate surface area is 491 Å². The van der Waals surface area contributed by atoms with Gasteiger partial charge in [-0.25, -0.2) is 9.59 Å². The van der Waals surface area contributed by atoms with Crippen molar-refractivity contribution in [2.24, 2.45) is 46.8 Å². The van der Waals surface area contributed by atoms with Crippen molar-refractivity contribution in [2.45, 2.75) is 237 Å². The second-order valence-electron chi connectivity index (χ2n) is 25.9. The fraction of sp³-hybridized carbons (Fsp3) is 0.787. The van der Waals surface area contributed by atoms with Gasteiger partial charge in [0.25, 0.3) is 0 Å². The molecule has 6 fully saturated rings. The van der Waals surface area contributed by atoms with Crippen molar-refractivity contribution < 1.29 is 96.9 Å². The number of ketones is 1. The van der Waals surface area contributed by atoms with Crippen LogP contribution in [0.4, 0.5) is 4.79 Å². The number of carbonyl (C=O) groups excluding carboxylic acids is 3. The number of nitro groups is 1. The molecule has 1 saturated carbocycles. The number of aliphatic hydroxyl groups excluding tert-OH is 5. The molecule has 84 heavy (non-hydrogen) atoms. The van der Waals surface area contributed by atoms with Crippen LogP contribution in [0.5, 0.6) is 0 Å². The highest BCUT2D eigenvalue weighted by Gasteiger charge is 2.64. The molecule has 0 aromatic carbocycles. The number of hydrogen-bond acceptors (Lipinski definition) is 21. The molecule has 4 aliphatic carbocycles. The van der Waals surface area contributed by atoms with E-state index in [0.717, 1.165) is 5.57 Å². The second kappa shape index (κ2) is 25.1. The highest BCUT2D eigenvalue weighted by Crippen LogP contribution is 2.61. The summed E-state index contributed by atoms with van der Waals surface area (Å²) >= 11 is 0. The maximum absolute atomic E-state index is 15.6. The minimum Gasteiger partial charge on any atom is -0.511 e. The number of rotatable bonds is 12. The van der Waals surface area contributed by atoms with E-state index >= 15 is 4.79 Å². The van der Waals surface area contributed by atoms with Crippen LogP contribution in [0.2, 0.25) is 0 Å². The third-order valence-electron chi connectivity index (χ3n) is 20.3. The number of ether oxygens (including phenoxy) is 11. The van der Waals surface area contributed by atoms with E-state index in [4.69, 9.17) is 52.1 Å². The van der Waals surface area contributed by atoms with Gasteiger partial charge in [0.05, 0.1) is 75.1 Å². The van der Waals surface area contributed by atoms with Crippen molar-refractivity contribution >= 4 is 17.8 Å². The molecular formula is C61H90N2O21. The molecule has 0 aromatic rings. The number of esters is 1. The van der Waals surface area contributed by atoms with Crippen LogP contribution in [0.15, 0.2) is 58.4 Å². The summed E-state index contributed by atoms with van der Waals surface area (Å²) in [5.41, 5.74) is -3.37. The van der Waals surface area contributed by atoms with Crippen molar-refractivity contribution in [3.05, 3.63) is 68.5 Å². The highest BCUT2D eigenvalue weighted by molar-refractivity contribution is 6.26. The number of nitrogens with one attached hydrogen (secondary N) is 1. The van der Waals surface area contributed by atoms with Crippen LogP contribution in [0.3, 0.4) is 0 Å². The van der Waals surface area contributed by atoms with E-state index in [-0.39, 0.29) is 57.0 Å². The average Bonchev–Trinajstić information content (AvgIpc) is 2.80. The average molecular weight is 1190 g/mol. The minimum absolute atomic E-state index is 0.00457. The summed E-state index contributed by atoms with van der Waals surface area (Å²) < 4.78 is 68.0. The Bertz CT molecular complexity index is 2600. The number of fused-ring (bicyclic) bond motifs is 4. The molecule has 1 amide bonds. The van der Waals surface area contributed by atoms with Crippen LogP contribution in [0.25, 0.3) is 0 Å². The van der Waals surface area contributed by atoms with Crippen molar-refractivity contribution in [3.63, 3.8) is 0 Å². The zero-order valence-corrected chi connectivity index (χ0v) is 50.6. The molecule has 5 aliphatic heterocycles. The number of nitrogens with zero attached hydrogens (tertiary/aromatic N) is 1. The second-order valence-corrected chi connectivity index (χ2v) is 25.9. The monoisotopic (exact) mass is 1190 g/mol. The lowest BCUT2D eigenvalue weighted by molar-refractivity contribution is -0.584. The number of allylic oxidation sites excluding steroid dienone is 3. The van der Waals surface area contributed by atoms with Gasteiger partial charge < -0.3 is 83.0 Å². The summed E-state index contributed by atoms with van der Waals surface area (Å²) in [5, 5.41) is 72.9. The molecule has 27 atom stereocenters. The van der Waals surface area contributed by atoms with Crippen LogP contribution >= 0.6 is 0 Å². The van der Waals surface area contributed by atoms with Gasteiger partial charge in [-0.05, 0) is 89.2 Å². The van der Waals surface area contributed by atoms with Crippen molar-refractivity contribution in [1.29, 1.82) is 0 Å². The lowest BCUT2D eigenvalue weighted by atomic mass is 9.49. The third kappa shape index (κ3) is 11.8. The van der Waals surface area contributed by atoms with Crippen molar-refractivity contribution in [2.75, 3.05) is 20.8 Å².